The SMILES string of the molecule is O=C(O)c1sc2c(cnc3ccc(F)cc32)c1-c1ccccc1. The molecule has 0 aliphatic carbocycles. The number of aromatic carboxylic acids is 1. The van der Waals surface area contributed by atoms with Gasteiger partial charge in [0.15, 0.2) is 0 Å². The smallest absolute Gasteiger partial charge is 0.346 e. The Morgan fingerprint density at radius 2 is 1.87 bits per heavy atom. The van der Waals surface area contributed by atoms with Crippen LogP contribution in [0, 0.1) is 5.82 Å². The van der Waals surface area contributed by atoms with Gasteiger partial charge in [-0.15, -0.1) is 11.3 Å². The van der Waals surface area contributed by atoms with Crippen LogP contribution in [0.15, 0.2) is 54.7 Å². The molecule has 1 N–H and O–H groups in total. The predicted molar refractivity (Wildman–Crippen MR) is 89.5 cm³/mol. The lowest BCUT2D eigenvalue weighted by atomic mass is 10.0. The van der Waals surface area contributed by atoms with Crippen LogP contribution in [0.1, 0.15) is 9.67 Å². The fraction of sp³-hybridized carbons (Fsp3) is 0. The third kappa shape index (κ3) is 2.17. The molecule has 0 saturated carbocycles. The van der Waals surface area contributed by atoms with E-state index < -0.39 is 5.97 Å². The van der Waals surface area contributed by atoms with E-state index in [0.29, 0.717) is 16.5 Å². The minimum Gasteiger partial charge on any atom is -0.477 e. The van der Waals surface area contributed by atoms with Gasteiger partial charge < -0.3 is 5.11 Å². The van der Waals surface area contributed by atoms with Crippen molar-refractivity contribution in [2.24, 2.45) is 0 Å². The van der Waals surface area contributed by atoms with Gasteiger partial charge in [0.2, 0.25) is 0 Å². The van der Waals surface area contributed by atoms with E-state index in [0.717, 1.165) is 27.0 Å². The summed E-state index contributed by atoms with van der Waals surface area (Å²) in [7, 11) is 0. The highest BCUT2D eigenvalue weighted by molar-refractivity contribution is 7.22. The van der Waals surface area contributed by atoms with Crippen molar-refractivity contribution in [1.29, 1.82) is 0 Å². The van der Waals surface area contributed by atoms with E-state index in [1.165, 1.54) is 12.1 Å². The van der Waals surface area contributed by atoms with Crippen molar-refractivity contribution in [2.75, 3.05) is 0 Å². The molecule has 2 aromatic heterocycles. The molecule has 2 heterocycles. The topological polar surface area (TPSA) is 50.2 Å². The average Bonchev–Trinajstić information content (AvgIpc) is 2.96. The number of hydrogen-bond donors (Lipinski definition) is 1. The number of halogens is 1. The first-order valence-electron chi connectivity index (χ1n) is 6.94. The number of carboxylic acids is 1. The van der Waals surface area contributed by atoms with Crippen LogP contribution in [0.4, 0.5) is 4.39 Å². The summed E-state index contributed by atoms with van der Waals surface area (Å²) in [5, 5.41) is 10.9. The molecule has 0 spiro atoms. The van der Waals surface area contributed by atoms with Crippen LogP contribution in [0.5, 0.6) is 0 Å². The summed E-state index contributed by atoms with van der Waals surface area (Å²) in [5.74, 6) is -1.35. The van der Waals surface area contributed by atoms with Crippen LogP contribution in [0.3, 0.4) is 0 Å². The van der Waals surface area contributed by atoms with E-state index in [-0.39, 0.29) is 10.7 Å². The molecule has 0 bridgehead atoms. The predicted octanol–water partition coefficient (Wildman–Crippen LogP) is 4.95. The molecule has 112 valence electrons. The number of carbonyl (C=O) groups is 1. The van der Waals surface area contributed by atoms with Gasteiger partial charge in [0.1, 0.15) is 10.7 Å². The van der Waals surface area contributed by atoms with E-state index >= 15 is 0 Å². The van der Waals surface area contributed by atoms with E-state index in [2.05, 4.69) is 4.98 Å². The van der Waals surface area contributed by atoms with Gasteiger partial charge in [-0.2, -0.15) is 0 Å². The summed E-state index contributed by atoms with van der Waals surface area (Å²) in [6.07, 6.45) is 1.67. The number of hydrogen-bond acceptors (Lipinski definition) is 3. The second-order valence-corrected chi connectivity index (χ2v) is 6.16. The first-order chi connectivity index (χ1) is 11.1. The fourth-order valence-corrected chi connectivity index (χ4v) is 3.91. The first kappa shape index (κ1) is 13.8. The Balaban J connectivity index is 2.16. The van der Waals surface area contributed by atoms with E-state index in [1.807, 2.05) is 30.3 Å². The van der Waals surface area contributed by atoms with Crippen molar-refractivity contribution in [2.45, 2.75) is 0 Å². The molecule has 4 rings (SSSR count). The molecule has 23 heavy (non-hydrogen) atoms. The molecule has 0 aliphatic heterocycles. The molecule has 0 unspecified atom stereocenters. The summed E-state index contributed by atoms with van der Waals surface area (Å²) < 4.78 is 14.4. The van der Waals surface area contributed by atoms with Crippen molar-refractivity contribution >= 4 is 38.3 Å². The first-order valence-corrected chi connectivity index (χ1v) is 7.76. The maximum atomic E-state index is 13.6. The maximum Gasteiger partial charge on any atom is 0.346 e. The Bertz CT molecular complexity index is 1060. The van der Waals surface area contributed by atoms with Crippen LogP contribution in [-0.4, -0.2) is 16.1 Å². The second-order valence-electron chi connectivity index (χ2n) is 5.14. The lowest BCUT2D eigenvalue weighted by Crippen LogP contribution is -1.94. The number of fused-ring (bicyclic) bond motifs is 3. The third-order valence-electron chi connectivity index (χ3n) is 3.74. The zero-order chi connectivity index (χ0) is 16.0. The van der Waals surface area contributed by atoms with Gasteiger partial charge in [-0.3, -0.25) is 4.98 Å². The highest BCUT2D eigenvalue weighted by atomic mass is 32.1. The molecule has 3 nitrogen and oxygen atoms in total. The molecule has 0 fully saturated rings. The number of thiophene rings is 1. The van der Waals surface area contributed by atoms with Gasteiger partial charge in [-0.25, -0.2) is 9.18 Å². The Morgan fingerprint density at radius 1 is 1.09 bits per heavy atom. The van der Waals surface area contributed by atoms with Crippen molar-refractivity contribution in [3.05, 3.63) is 65.4 Å². The van der Waals surface area contributed by atoms with Gasteiger partial charge in [0.05, 0.1) is 5.52 Å². The fourth-order valence-electron chi connectivity index (χ4n) is 2.75. The van der Waals surface area contributed by atoms with Crippen molar-refractivity contribution in [3.63, 3.8) is 0 Å². The van der Waals surface area contributed by atoms with Crippen LogP contribution < -0.4 is 0 Å². The zero-order valence-corrected chi connectivity index (χ0v) is 12.6. The van der Waals surface area contributed by atoms with E-state index in [1.54, 1.807) is 12.3 Å². The summed E-state index contributed by atoms with van der Waals surface area (Å²) in [4.78, 5) is 16.3. The highest BCUT2D eigenvalue weighted by Crippen LogP contribution is 2.41. The molecule has 2 aromatic carbocycles. The van der Waals surface area contributed by atoms with Crippen LogP contribution >= 0.6 is 11.3 Å². The molecule has 0 atom stereocenters. The second kappa shape index (κ2) is 5.14. The molecule has 0 amide bonds. The molecular formula is C18H10FNO2S. The summed E-state index contributed by atoms with van der Waals surface area (Å²) in [5.41, 5.74) is 2.10. The number of nitrogens with zero attached hydrogens (tertiary/aromatic N) is 1. The Labute approximate surface area is 134 Å². The Morgan fingerprint density at radius 3 is 2.61 bits per heavy atom. The van der Waals surface area contributed by atoms with Gasteiger partial charge in [-0.1, -0.05) is 30.3 Å². The maximum absolute atomic E-state index is 13.6. The Hall–Kier alpha value is -2.79. The van der Waals surface area contributed by atoms with Gasteiger partial charge in [0, 0.05) is 27.2 Å². The lowest BCUT2D eigenvalue weighted by molar-refractivity contribution is 0.0703. The van der Waals surface area contributed by atoms with Crippen molar-refractivity contribution in [1.82, 2.24) is 4.98 Å². The van der Waals surface area contributed by atoms with Gasteiger partial charge in [-0.05, 0) is 23.8 Å². The normalized spacial score (nSPS) is 11.2. The number of aromatic nitrogens is 1. The van der Waals surface area contributed by atoms with Crippen LogP contribution in [-0.2, 0) is 0 Å². The molecule has 0 saturated heterocycles. The molecule has 0 radical (unpaired) electrons. The quantitative estimate of drug-likeness (QED) is 0.567. The number of pyridine rings is 1. The molecule has 4 aromatic rings. The average molecular weight is 323 g/mol. The molecule has 5 heteroatoms. The lowest BCUT2D eigenvalue weighted by Gasteiger charge is -2.03. The van der Waals surface area contributed by atoms with Gasteiger partial charge in [0.25, 0.3) is 0 Å². The van der Waals surface area contributed by atoms with Crippen LogP contribution in [0.25, 0.3) is 32.1 Å². The van der Waals surface area contributed by atoms with Crippen LogP contribution in [0.2, 0.25) is 0 Å². The molecular weight excluding hydrogens is 313 g/mol. The zero-order valence-electron chi connectivity index (χ0n) is 11.8. The van der Waals surface area contributed by atoms with Gasteiger partial charge >= 0.3 is 5.97 Å². The highest BCUT2D eigenvalue weighted by Gasteiger charge is 2.21. The Kier molecular flexibility index (Phi) is 3.09. The minimum atomic E-state index is -0.991. The third-order valence-corrected chi connectivity index (χ3v) is 4.96. The number of carboxylic acid groups (broad SMARTS) is 1. The number of rotatable bonds is 2. The summed E-state index contributed by atoms with van der Waals surface area (Å²) in [6, 6.07) is 13.7. The minimum absolute atomic E-state index is 0.241. The summed E-state index contributed by atoms with van der Waals surface area (Å²) in [6.45, 7) is 0. The molecule has 0 aliphatic rings. The standard InChI is InChI=1S/C18H10FNO2S/c19-11-6-7-14-12(8-11)16-13(9-20-14)15(17(23-16)18(21)22)10-4-2-1-3-5-10/h1-9H,(H,21,22). The van der Waals surface area contributed by atoms with E-state index in [4.69, 9.17) is 0 Å². The van der Waals surface area contributed by atoms with Crippen molar-refractivity contribution in [3.8, 4) is 11.1 Å². The summed E-state index contributed by atoms with van der Waals surface area (Å²) >= 11 is 1.16. The number of benzene rings is 2. The van der Waals surface area contributed by atoms with Crippen molar-refractivity contribution < 1.29 is 14.3 Å². The largest absolute Gasteiger partial charge is 0.477 e. The van der Waals surface area contributed by atoms with E-state index in [9.17, 15) is 14.3 Å². The monoisotopic (exact) mass is 323 g/mol.